The van der Waals surface area contributed by atoms with Gasteiger partial charge in [0.15, 0.2) is 0 Å². The Hall–Kier alpha value is -1.50. The minimum atomic E-state index is -4.77. The number of nitrogens with zero attached hydrogens (tertiary/aromatic N) is 1. The van der Waals surface area contributed by atoms with Gasteiger partial charge in [-0.2, -0.15) is 0 Å². The third kappa shape index (κ3) is 3.09. The molecule has 0 bridgehead atoms. The molecule has 1 aromatic rings. The molecule has 0 radical (unpaired) electrons. The number of halogens is 3. The van der Waals surface area contributed by atoms with Crippen LogP contribution < -0.4 is 16.2 Å². The molecule has 0 atom stereocenters. The second-order valence-corrected chi connectivity index (χ2v) is 2.48. The van der Waals surface area contributed by atoms with E-state index in [1.807, 2.05) is 0 Å². The van der Waals surface area contributed by atoms with Gasteiger partial charge in [0.2, 0.25) is 5.88 Å². The van der Waals surface area contributed by atoms with E-state index < -0.39 is 12.2 Å². The second kappa shape index (κ2) is 3.70. The Bertz CT molecular complexity index is 326. The number of rotatable bonds is 2. The maximum Gasteiger partial charge on any atom is 0.574 e. The van der Waals surface area contributed by atoms with Crippen molar-refractivity contribution in [2.45, 2.75) is 12.9 Å². The first kappa shape index (κ1) is 10.6. The molecule has 0 aromatic carbocycles. The number of hydrogen-bond acceptors (Lipinski definition) is 4. The molecule has 78 valence electrons. The summed E-state index contributed by atoms with van der Waals surface area (Å²) in [6.07, 6.45) is -4.77. The monoisotopic (exact) mass is 207 g/mol. The van der Waals surface area contributed by atoms with Gasteiger partial charge < -0.3 is 16.2 Å². The van der Waals surface area contributed by atoms with Crippen molar-refractivity contribution in [1.29, 1.82) is 0 Å². The predicted molar refractivity (Wildman–Crippen MR) is 43.2 cm³/mol. The molecule has 0 amide bonds. The number of pyridine rings is 1. The van der Waals surface area contributed by atoms with Gasteiger partial charge in [-0.15, -0.1) is 13.2 Å². The van der Waals surface area contributed by atoms with E-state index in [-0.39, 0.29) is 17.9 Å². The molecule has 0 aliphatic rings. The minimum Gasteiger partial charge on any atom is -0.399 e. The maximum atomic E-state index is 11.8. The first-order valence-corrected chi connectivity index (χ1v) is 3.63. The zero-order valence-corrected chi connectivity index (χ0v) is 7.01. The number of aromatic nitrogens is 1. The van der Waals surface area contributed by atoms with Crippen LogP contribution >= 0.6 is 0 Å². The number of alkyl halides is 3. The third-order valence-electron chi connectivity index (χ3n) is 1.31. The van der Waals surface area contributed by atoms with Gasteiger partial charge in [0.1, 0.15) is 0 Å². The molecule has 0 unspecified atom stereocenters. The van der Waals surface area contributed by atoms with Crippen molar-refractivity contribution < 1.29 is 17.9 Å². The highest BCUT2D eigenvalue weighted by Crippen LogP contribution is 2.22. The molecule has 4 nitrogen and oxygen atoms in total. The lowest BCUT2D eigenvalue weighted by Crippen LogP contribution is -2.18. The normalized spacial score (nSPS) is 11.4. The van der Waals surface area contributed by atoms with E-state index in [0.29, 0.717) is 0 Å². The van der Waals surface area contributed by atoms with Crippen LogP contribution in [0.1, 0.15) is 5.69 Å². The lowest BCUT2D eigenvalue weighted by atomic mass is 10.3. The average Bonchev–Trinajstić information content (AvgIpc) is 1.99. The van der Waals surface area contributed by atoms with E-state index in [1.165, 1.54) is 6.07 Å². The van der Waals surface area contributed by atoms with Crippen LogP contribution in [0.5, 0.6) is 5.88 Å². The van der Waals surface area contributed by atoms with Crippen molar-refractivity contribution in [3.8, 4) is 5.88 Å². The highest BCUT2D eigenvalue weighted by molar-refractivity contribution is 5.42. The smallest absolute Gasteiger partial charge is 0.399 e. The summed E-state index contributed by atoms with van der Waals surface area (Å²) in [6.45, 7) is -0.000737. The fourth-order valence-electron chi connectivity index (χ4n) is 0.858. The van der Waals surface area contributed by atoms with Crippen LogP contribution in [0.3, 0.4) is 0 Å². The molecule has 0 saturated heterocycles. The Morgan fingerprint density at radius 3 is 2.50 bits per heavy atom. The van der Waals surface area contributed by atoms with Gasteiger partial charge in [0.05, 0.1) is 5.69 Å². The minimum absolute atomic E-state index is 0.000737. The Labute approximate surface area is 77.7 Å². The van der Waals surface area contributed by atoms with Gasteiger partial charge in [0.25, 0.3) is 0 Å². The lowest BCUT2D eigenvalue weighted by Gasteiger charge is -2.09. The molecular weight excluding hydrogens is 199 g/mol. The van der Waals surface area contributed by atoms with Gasteiger partial charge in [-0.05, 0) is 6.07 Å². The molecule has 4 N–H and O–H groups in total. The van der Waals surface area contributed by atoms with E-state index in [2.05, 4.69) is 9.72 Å². The van der Waals surface area contributed by atoms with Crippen LogP contribution in [0, 0.1) is 0 Å². The molecule has 0 saturated carbocycles. The summed E-state index contributed by atoms with van der Waals surface area (Å²) >= 11 is 0. The van der Waals surface area contributed by atoms with Gasteiger partial charge in [-0.1, -0.05) is 0 Å². The number of nitrogens with two attached hydrogens (primary N) is 2. The summed E-state index contributed by atoms with van der Waals surface area (Å²) in [5.74, 6) is -0.599. The fourth-order valence-corrected chi connectivity index (χ4v) is 0.858. The largest absolute Gasteiger partial charge is 0.574 e. The van der Waals surface area contributed by atoms with Gasteiger partial charge in [-0.3, -0.25) is 0 Å². The van der Waals surface area contributed by atoms with Gasteiger partial charge in [0, 0.05) is 18.3 Å². The Kier molecular flexibility index (Phi) is 2.80. The van der Waals surface area contributed by atoms with Crippen molar-refractivity contribution in [1.82, 2.24) is 4.98 Å². The van der Waals surface area contributed by atoms with Crippen molar-refractivity contribution in [2.24, 2.45) is 5.73 Å². The molecule has 14 heavy (non-hydrogen) atoms. The highest BCUT2D eigenvalue weighted by atomic mass is 19.4. The third-order valence-corrected chi connectivity index (χ3v) is 1.31. The van der Waals surface area contributed by atoms with Gasteiger partial charge >= 0.3 is 6.36 Å². The Morgan fingerprint density at radius 2 is 2.00 bits per heavy atom. The summed E-state index contributed by atoms with van der Waals surface area (Å²) in [5, 5.41) is 0. The summed E-state index contributed by atoms with van der Waals surface area (Å²) in [5.41, 5.74) is 10.9. The van der Waals surface area contributed by atoms with E-state index in [9.17, 15) is 13.2 Å². The SMILES string of the molecule is NCc1cc(N)cc(OC(F)(F)F)n1. The zero-order chi connectivity index (χ0) is 10.8. The number of nitrogen functional groups attached to an aromatic ring is 1. The maximum absolute atomic E-state index is 11.8. The van der Waals surface area contributed by atoms with Crippen LogP contribution in [-0.4, -0.2) is 11.3 Å². The zero-order valence-electron chi connectivity index (χ0n) is 7.01. The van der Waals surface area contributed by atoms with Crippen LogP contribution in [0.4, 0.5) is 18.9 Å². The molecule has 1 heterocycles. The van der Waals surface area contributed by atoms with Crippen LogP contribution in [0.25, 0.3) is 0 Å². The number of anilines is 1. The lowest BCUT2D eigenvalue weighted by molar-refractivity contribution is -0.276. The standard InChI is InChI=1S/C7H8F3N3O/c8-7(9,10)14-6-2-4(12)1-5(3-11)13-6/h1-2H,3,11H2,(H2,12,13). The van der Waals surface area contributed by atoms with Crippen LogP contribution in [0.2, 0.25) is 0 Å². The number of ether oxygens (including phenoxy) is 1. The van der Waals surface area contributed by atoms with Crippen LogP contribution in [0.15, 0.2) is 12.1 Å². The summed E-state index contributed by atoms with van der Waals surface area (Å²) in [7, 11) is 0. The quantitative estimate of drug-likeness (QED) is 0.759. The topological polar surface area (TPSA) is 74.2 Å². The van der Waals surface area contributed by atoms with Crippen molar-refractivity contribution >= 4 is 5.69 Å². The first-order chi connectivity index (χ1) is 6.40. The number of hydrogen-bond donors (Lipinski definition) is 2. The van der Waals surface area contributed by atoms with Crippen LogP contribution in [-0.2, 0) is 6.54 Å². The summed E-state index contributed by atoms with van der Waals surface area (Å²) < 4.78 is 38.9. The summed E-state index contributed by atoms with van der Waals surface area (Å²) in [4.78, 5) is 3.49. The van der Waals surface area contributed by atoms with Crippen molar-refractivity contribution in [3.63, 3.8) is 0 Å². The molecule has 0 aliphatic heterocycles. The van der Waals surface area contributed by atoms with Crippen molar-refractivity contribution in [3.05, 3.63) is 17.8 Å². The summed E-state index contributed by atoms with van der Waals surface area (Å²) in [6, 6.07) is 2.36. The van der Waals surface area contributed by atoms with E-state index in [1.54, 1.807) is 0 Å². The molecule has 1 rings (SSSR count). The van der Waals surface area contributed by atoms with E-state index in [0.717, 1.165) is 6.07 Å². The fraction of sp³-hybridized carbons (Fsp3) is 0.286. The van der Waals surface area contributed by atoms with Gasteiger partial charge in [-0.25, -0.2) is 4.98 Å². The average molecular weight is 207 g/mol. The van der Waals surface area contributed by atoms with Crippen molar-refractivity contribution in [2.75, 3.05) is 5.73 Å². The molecule has 1 aromatic heterocycles. The van der Waals surface area contributed by atoms with E-state index >= 15 is 0 Å². The second-order valence-electron chi connectivity index (χ2n) is 2.48. The Morgan fingerprint density at radius 1 is 1.36 bits per heavy atom. The molecule has 0 aliphatic carbocycles. The Balaban J connectivity index is 2.92. The first-order valence-electron chi connectivity index (χ1n) is 3.63. The van der Waals surface area contributed by atoms with E-state index in [4.69, 9.17) is 11.5 Å². The predicted octanol–water partition coefficient (Wildman–Crippen LogP) is 1.02. The molecule has 0 fully saturated rings. The molecular formula is C7H8F3N3O. The highest BCUT2D eigenvalue weighted by Gasteiger charge is 2.31. The molecule has 7 heteroatoms. The molecule has 0 spiro atoms.